The quantitative estimate of drug-likeness (QED) is 0.856. The van der Waals surface area contributed by atoms with Crippen LogP contribution >= 0.6 is 0 Å². The molecule has 0 radical (unpaired) electrons. The maximum absolute atomic E-state index is 12.6. The third kappa shape index (κ3) is 3.82. The Labute approximate surface area is 127 Å². The molecule has 0 aromatic carbocycles. The molecular weight excluding hydrogens is 262 g/mol. The number of amides is 1. The Kier molecular flexibility index (Phi) is 4.86. The molecule has 0 unspecified atom stereocenters. The van der Waals surface area contributed by atoms with Crippen LogP contribution in [0.2, 0.25) is 0 Å². The van der Waals surface area contributed by atoms with Gasteiger partial charge < -0.3 is 4.90 Å². The molecule has 0 N–H and O–H groups in total. The lowest BCUT2D eigenvalue weighted by atomic mass is 9.95. The van der Waals surface area contributed by atoms with E-state index in [0.29, 0.717) is 5.91 Å². The molecule has 114 valence electrons. The molecule has 0 aliphatic carbocycles. The molecule has 4 nitrogen and oxygen atoms in total. The monoisotopic (exact) mass is 287 g/mol. The highest BCUT2D eigenvalue weighted by Gasteiger charge is 2.29. The largest absolute Gasteiger partial charge is 0.342 e. The fourth-order valence-corrected chi connectivity index (χ4v) is 3.52. The van der Waals surface area contributed by atoms with Gasteiger partial charge in [-0.2, -0.15) is 0 Å². The fourth-order valence-electron chi connectivity index (χ4n) is 3.52. The zero-order valence-corrected chi connectivity index (χ0v) is 12.7. The molecule has 1 aromatic rings. The van der Waals surface area contributed by atoms with Gasteiger partial charge in [0.15, 0.2) is 0 Å². The van der Waals surface area contributed by atoms with Gasteiger partial charge in [-0.1, -0.05) is 6.07 Å². The van der Waals surface area contributed by atoms with Gasteiger partial charge in [-0.15, -0.1) is 0 Å². The van der Waals surface area contributed by atoms with Crippen molar-refractivity contribution in [2.75, 3.05) is 26.2 Å². The van der Waals surface area contributed by atoms with Crippen LogP contribution in [-0.2, 0) is 11.3 Å². The van der Waals surface area contributed by atoms with E-state index < -0.39 is 0 Å². The van der Waals surface area contributed by atoms with Gasteiger partial charge >= 0.3 is 0 Å². The minimum absolute atomic E-state index is 0.202. The number of rotatable bonds is 3. The van der Waals surface area contributed by atoms with Gasteiger partial charge in [0.2, 0.25) is 5.91 Å². The molecule has 1 amide bonds. The molecule has 1 aromatic heterocycles. The van der Waals surface area contributed by atoms with E-state index >= 15 is 0 Å². The smallest absolute Gasteiger partial charge is 0.226 e. The second-order valence-electron chi connectivity index (χ2n) is 6.32. The SMILES string of the molecule is O=C([C@@H]1CCCN(Cc2cccnc2)C1)N1CCCCC1. The minimum Gasteiger partial charge on any atom is -0.342 e. The Bertz CT molecular complexity index is 456. The van der Waals surface area contributed by atoms with E-state index in [9.17, 15) is 4.79 Å². The number of hydrogen-bond donors (Lipinski definition) is 0. The minimum atomic E-state index is 0.202. The first-order valence-corrected chi connectivity index (χ1v) is 8.23. The van der Waals surface area contributed by atoms with E-state index in [1.807, 2.05) is 18.5 Å². The average Bonchev–Trinajstić information content (AvgIpc) is 2.56. The lowest BCUT2D eigenvalue weighted by molar-refractivity contribution is -0.138. The van der Waals surface area contributed by atoms with Gasteiger partial charge in [0, 0.05) is 38.6 Å². The third-order valence-corrected chi connectivity index (χ3v) is 4.65. The highest BCUT2D eigenvalue weighted by molar-refractivity contribution is 5.79. The van der Waals surface area contributed by atoms with Crippen LogP contribution in [0, 0.1) is 5.92 Å². The second-order valence-corrected chi connectivity index (χ2v) is 6.32. The van der Waals surface area contributed by atoms with Crippen molar-refractivity contribution in [2.24, 2.45) is 5.92 Å². The van der Waals surface area contributed by atoms with Crippen molar-refractivity contribution in [3.8, 4) is 0 Å². The van der Waals surface area contributed by atoms with Crippen LogP contribution < -0.4 is 0 Å². The van der Waals surface area contributed by atoms with E-state index in [0.717, 1.165) is 45.6 Å². The standard InChI is InChI=1S/C17H25N3O/c21-17(20-10-2-1-3-11-20)16-7-5-9-19(14-16)13-15-6-4-8-18-12-15/h4,6,8,12,16H,1-3,5,7,9-11,13-14H2/t16-/m1/s1. The van der Waals surface area contributed by atoms with Crippen LogP contribution in [0.1, 0.15) is 37.7 Å². The van der Waals surface area contributed by atoms with Crippen LogP contribution in [0.4, 0.5) is 0 Å². The summed E-state index contributed by atoms with van der Waals surface area (Å²) in [5, 5.41) is 0. The lowest BCUT2D eigenvalue weighted by Gasteiger charge is -2.36. The van der Waals surface area contributed by atoms with E-state index in [-0.39, 0.29) is 5.92 Å². The fraction of sp³-hybridized carbons (Fsp3) is 0.647. The van der Waals surface area contributed by atoms with Crippen molar-refractivity contribution >= 4 is 5.91 Å². The van der Waals surface area contributed by atoms with E-state index in [1.165, 1.54) is 24.8 Å². The van der Waals surface area contributed by atoms with E-state index in [4.69, 9.17) is 0 Å². The number of carbonyl (C=O) groups is 1. The average molecular weight is 287 g/mol. The first kappa shape index (κ1) is 14.5. The summed E-state index contributed by atoms with van der Waals surface area (Å²) in [5.74, 6) is 0.596. The number of likely N-dealkylation sites (tertiary alicyclic amines) is 2. The van der Waals surface area contributed by atoms with Crippen molar-refractivity contribution in [1.82, 2.24) is 14.8 Å². The summed E-state index contributed by atoms with van der Waals surface area (Å²) in [7, 11) is 0. The molecule has 21 heavy (non-hydrogen) atoms. The molecule has 2 aliphatic heterocycles. The van der Waals surface area contributed by atoms with Crippen molar-refractivity contribution in [2.45, 2.75) is 38.6 Å². The topological polar surface area (TPSA) is 36.4 Å². The predicted octanol–water partition coefficient (Wildman–Crippen LogP) is 2.31. The lowest BCUT2D eigenvalue weighted by Crippen LogP contribution is -2.46. The van der Waals surface area contributed by atoms with Gasteiger partial charge in [-0.05, 0) is 50.3 Å². The zero-order chi connectivity index (χ0) is 14.5. The second kappa shape index (κ2) is 7.03. The molecule has 3 rings (SSSR count). The molecule has 0 saturated carbocycles. The number of hydrogen-bond acceptors (Lipinski definition) is 3. The number of piperidine rings is 2. The number of nitrogens with zero attached hydrogens (tertiary/aromatic N) is 3. The molecule has 0 spiro atoms. The van der Waals surface area contributed by atoms with Gasteiger partial charge in [0.05, 0.1) is 5.92 Å². The van der Waals surface area contributed by atoms with Crippen molar-refractivity contribution in [3.63, 3.8) is 0 Å². The summed E-state index contributed by atoms with van der Waals surface area (Å²) in [6, 6.07) is 4.10. The van der Waals surface area contributed by atoms with Crippen LogP contribution in [0.5, 0.6) is 0 Å². The summed E-state index contributed by atoms with van der Waals surface area (Å²) in [5.41, 5.74) is 1.24. The number of carbonyl (C=O) groups excluding carboxylic acids is 1. The maximum atomic E-state index is 12.6. The molecule has 2 saturated heterocycles. The van der Waals surface area contributed by atoms with Crippen LogP contribution in [0.3, 0.4) is 0 Å². The maximum Gasteiger partial charge on any atom is 0.226 e. The molecule has 1 atom stereocenters. The Hall–Kier alpha value is -1.42. The van der Waals surface area contributed by atoms with Gasteiger partial charge in [-0.25, -0.2) is 0 Å². The van der Waals surface area contributed by atoms with Gasteiger partial charge in [0.1, 0.15) is 0 Å². The van der Waals surface area contributed by atoms with Crippen LogP contribution in [0.15, 0.2) is 24.5 Å². The first-order valence-electron chi connectivity index (χ1n) is 8.23. The van der Waals surface area contributed by atoms with Gasteiger partial charge in [0.25, 0.3) is 0 Å². The van der Waals surface area contributed by atoms with Crippen molar-refractivity contribution in [3.05, 3.63) is 30.1 Å². The van der Waals surface area contributed by atoms with Crippen molar-refractivity contribution < 1.29 is 4.79 Å². The Morgan fingerprint density at radius 2 is 2.05 bits per heavy atom. The Morgan fingerprint density at radius 1 is 1.19 bits per heavy atom. The molecule has 4 heteroatoms. The van der Waals surface area contributed by atoms with Crippen molar-refractivity contribution in [1.29, 1.82) is 0 Å². The molecule has 3 heterocycles. The number of pyridine rings is 1. The molecule has 2 aliphatic rings. The highest BCUT2D eigenvalue weighted by Crippen LogP contribution is 2.22. The zero-order valence-electron chi connectivity index (χ0n) is 12.7. The van der Waals surface area contributed by atoms with Gasteiger partial charge in [-0.3, -0.25) is 14.7 Å². The summed E-state index contributed by atoms with van der Waals surface area (Å²) in [4.78, 5) is 21.3. The van der Waals surface area contributed by atoms with E-state index in [1.54, 1.807) is 0 Å². The summed E-state index contributed by atoms with van der Waals surface area (Å²) < 4.78 is 0. The number of aromatic nitrogens is 1. The third-order valence-electron chi connectivity index (χ3n) is 4.65. The summed E-state index contributed by atoms with van der Waals surface area (Å²) >= 11 is 0. The first-order chi connectivity index (χ1) is 10.3. The highest BCUT2D eigenvalue weighted by atomic mass is 16.2. The Morgan fingerprint density at radius 3 is 2.81 bits per heavy atom. The van der Waals surface area contributed by atoms with Crippen LogP contribution in [0.25, 0.3) is 0 Å². The predicted molar refractivity (Wildman–Crippen MR) is 82.7 cm³/mol. The molecular formula is C17H25N3O. The molecule has 0 bridgehead atoms. The van der Waals surface area contributed by atoms with Crippen LogP contribution in [-0.4, -0.2) is 46.9 Å². The molecule has 2 fully saturated rings. The Balaban J connectivity index is 1.56. The normalized spacial score (nSPS) is 24.0. The summed E-state index contributed by atoms with van der Waals surface area (Å²) in [6.45, 7) is 4.86. The van der Waals surface area contributed by atoms with E-state index in [2.05, 4.69) is 20.9 Å². The summed E-state index contributed by atoms with van der Waals surface area (Å²) in [6.07, 6.45) is 9.55.